The molecular weight excluding hydrogens is 398 g/mol. The first-order valence-corrected chi connectivity index (χ1v) is 9.35. The number of aliphatic hydroxyl groups is 2. The van der Waals surface area contributed by atoms with E-state index in [-0.39, 0.29) is 30.2 Å². The number of hydrogen-bond acceptors (Lipinski definition) is 8. The molecule has 0 bridgehead atoms. The molecule has 1 aliphatic heterocycles. The lowest BCUT2D eigenvalue weighted by molar-refractivity contribution is -0.118. The minimum atomic E-state index is -0.790. The normalized spacial score (nSPS) is 21.4. The third-order valence-corrected chi connectivity index (χ3v) is 4.80. The highest BCUT2D eigenvalue weighted by atomic mass is 32.1. The maximum atomic E-state index is 12.2. The van der Waals surface area contributed by atoms with Crippen LogP contribution in [-0.4, -0.2) is 61.1 Å². The number of rotatable bonds is 6. The van der Waals surface area contributed by atoms with Crippen LogP contribution in [-0.2, 0) is 9.53 Å². The summed E-state index contributed by atoms with van der Waals surface area (Å²) in [6.45, 7) is -0.482. The van der Waals surface area contributed by atoms with Crippen LogP contribution in [0.1, 0.15) is 12.6 Å². The van der Waals surface area contributed by atoms with Crippen molar-refractivity contribution in [3.8, 4) is 5.75 Å². The summed E-state index contributed by atoms with van der Waals surface area (Å²) in [5.74, 6) is 0.306. The zero-order chi connectivity index (χ0) is 20.4. The van der Waals surface area contributed by atoms with Gasteiger partial charge in [-0.25, -0.2) is 9.97 Å². The Kier molecular flexibility index (Phi) is 5.53. The number of anilines is 1. The second-order valence-electron chi connectivity index (χ2n) is 6.50. The number of aliphatic hydroxyl groups excluding tert-OH is 2. The molecule has 0 radical (unpaired) electrons. The zero-order valence-corrected chi connectivity index (χ0v) is 16.0. The molecule has 11 heteroatoms. The molecule has 10 nitrogen and oxygen atoms in total. The number of H-pyrrole nitrogens is 1. The summed E-state index contributed by atoms with van der Waals surface area (Å²) in [6.07, 6.45) is -0.199. The molecule has 29 heavy (non-hydrogen) atoms. The van der Waals surface area contributed by atoms with E-state index in [9.17, 15) is 15.0 Å². The molecule has 1 fully saturated rings. The number of nitrogens with one attached hydrogen (secondary N) is 2. The van der Waals surface area contributed by atoms with E-state index in [0.717, 1.165) is 0 Å². The third-order valence-electron chi connectivity index (χ3n) is 4.51. The van der Waals surface area contributed by atoms with Crippen LogP contribution in [0.2, 0.25) is 0 Å². The quantitative estimate of drug-likeness (QED) is 0.439. The predicted octanol–water partition coefficient (Wildman–Crippen LogP) is 1.15. The van der Waals surface area contributed by atoms with Gasteiger partial charge in [-0.1, -0.05) is 30.4 Å². The number of carbonyl (C=O) groups excluding carboxylic acids is 1. The van der Waals surface area contributed by atoms with E-state index < -0.39 is 24.3 Å². The van der Waals surface area contributed by atoms with Gasteiger partial charge in [0.2, 0.25) is 5.95 Å². The topological polar surface area (TPSA) is 135 Å². The number of para-hydroxylation sites is 1. The van der Waals surface area contributed by atoms with Crippen molar-refractivity contribution < 1.29 is 24.5 Å². The molecule has 3 atom stereocenters. The number of fused-ring (bicyclic) bond motifs is 1. The number of ether oxygens (including phenoxy) is 2. The maximum Gasteiger partial charge on any atom is 0.264 e. The number of nitrogens with zero attached hydrogens (tertiary/aromatic N) is 3. The van der Waals surface area contributed by atoms with Crippen LogP contribution in [0.3, 0.4) is 0 Å². The lowest BCUT2D eigenvalue weighted by Gasteiger charge is -2.14. The molecule has 1 amide bonds. The van der Waals surface area contributed by atoms with Gasteiger partial charge in [-0.15, -0.1) is 0 Å². The minimum absolute atomic E-state index is 0.142. The van der Waals surface area contributed by atoms with Gasteiger partial charge in [0.25, 0.3) is 5.91 Å². The Morgan fingerprint density at radius 2 is 2.21 bits per heavy atom. The van der Waals surface area contributed by atoms with Gasteiger partial charge in [-0.05, 0) is 12.1 Å². The van der Waals surface area contributed by atoms with Crippen molar-refractivity contribution in [3.05, 3.63) is 41.3 Å². The van der Waals surface area contributed by atoms with E-state index in [4.69, 9.17) is 21.7 Å². The van der Waals surface area contributed by atoms with Gasteiger partial charge in [0.1, 0.15) is 29.2 Å². The van der Waals surface area contributed by atoms with Gasteiger partial charge in [-0.3, -0.25) is 14.7 Å². The standard InChI is InChI=1S/C18H19N5O5S/c24-7-12-11(25)6-14(28-12)23-9-19-15-16(23)21-18(22-17(15)29)20-13(26)8-27-10-4-2-1-3-5-10/h1-5,9,11-12,14,24-25H,6-8H2,(H2,20,21,22,26,29)/t11-,12+,14+/m0/s1. The zero-order valence-electron chi connectivity index (χ0n) is 15.2. The number of amides is 1. The number of aromatic nitrogens is 4. The Bertz CT molecular complexity index is 1070. The van der Waals surface area contributed by atoms with Gasteiger partial charge >= 0.3 is 0 Å². The van der Waals surface area contributed by atoms with Crippen LogP contribution in [0.15, 0.2) is 36.7 Å². The van der Waals surface area contributed by atoms with Crippen molar-refractivity contribution in [1.82, 2.24) is 19.5 Å². The second-order valence-corrected chi connectivity index (χ2v) is 6.89. The van der Waals surface area contributed by atoms with Crippen LogP contribution < -0.4 is 10.1 Å². The number of aromatic amines is 1. The molecule has 2 aromatic heterocycles. The molecule has 152 valence electrons. The monoisotopic (exact) mass is 417 g/mol. The first kappa shape index (κ1) is 19.5. The second kappa shape index (κ2) is 8.25. The SMILES string of the molecule is O=C(COc1ccccc1)Nc1nc(=S)c2ncn([C@H]3C[C@H](O)[C@@H](CO)O3)c2[nH]1. The largest absolute Gasteiger partial charge is 0.484 e. The maximum absolute atomic E-state index is 12.2. The number of imidazole rings is 1. The molecule has 0 spiro atoms. The highest BCUT2D eigenvalue weighted by Gasteiger charge is 2.35. The van der Waals surface area contributed by atoms with Gasteiger partial charge in [0.15, 0.2) is 11.2 Å². The van der Waals surface area contributed by atoms with E-state index in [0.29, 0.717) is 16.9 Å². The molecule has 1 aromatic carbocycles. The fourth-order valence-electron chi connectivity index (χ4n) is 3.10. The summed E-state index contributed by atoms with van der Waals surface area (Å²) >= 11 is 5.27. The van der Waals surface area contributed by atoms with Gasteiger partial charge in [0.05, 0.1) is 19.0 Å². The summed E-state index contributed by atoms with van der Waals surface area (Å²) in [7, 11) is 0. The Hall–Kier alpha value is -2.86. The molecule has 1 aliphatic rings. The highest BCUT2D eigenvalue weighted by molar-refractivity contribution is 7.71. The fraction of sp³-hybridized carbons (Fsp3) is 0.333. The Balaban J connectivity index is 1.52. The van der Waals surface area contributed by atoms with E-state index in [1.54, 1.807) is 16.7 Å². The van der Waals surface area contributed by atoms with E-state index in [1.807, 2.05) is 18.2 Å². The third kappa shape index (κ3) is 4.12. The van der Waals surface area contributed by atoms with Gasteiger partial charge in [0, 0.05) is 6.42 Å². The van der Waals surface area contributed by atoms with Gasteiger partial charge in [-0.2, -0.15) is 0 Å². The van der Waals surface area contributed by atoms with E-state index >= 15 is 0 Å². The highest BCUT2D eigenvalue weighted by Crippen LogP contribution is 2.30. The number of hydrogen-bond donors (Lipinski definition) is 4. The first-order chi connectivity index (χ1) is 14.0. The summed E-state index contributed by atoms with van der Waals surface area (Å²) < 4.78 is 12.9. The van der Waals surface area contributed by atoms with Crippen LogP contribution in [0, 0.1) is 4.64 Å². The lowest BCUT2D eigenvalue weighted by Crippen LogP contribution is -2.24. The minimum Gasteiger partial charge on any atom is -0.484 e. The van der Waals surface area contributed by atoms with Crippen molar-refractivity contribution in [3.63, 3.8) is 0 Å². The van der Waals surface area contributed by atoms with E-state index in [2.05, 4.69) is 20.3 Å². The van der Waals surface area contributed by atoms with Crippen LogP contribution >= 0.6 is 12.2 Å². The molecule has 0 aliphatic carbocycles. The molecule has 1 saturated heterocycles. The predicted molar refractivity (Wildman–Crippen MR) is 105 cm³/mol. The number of benzene rings is 1. The van der Waals surface area contributed by atoms with Crippen molar-refractivity contribution in [2.45, 2.75) is 24.9 Å². The molecule has 4 N–H and O–H groups in total. The van der Waals surface area contributed by atoms with Crippen molar-refractivity contribution >= 4 is 35.2 Å². The molecule has 3 heterocycles. The summed E-state index contributed by atoms with van der Waals surface area (Å²) in [5.41, 5.74) is 0.921. The Morgan fingerprint density at radius 1 is 1.41 bits per heavy atom. The molecule has 3 aromatic rings. The van der Waals surface area contributed by atoms with E-state index in [1.165, 1.54) is 6.33 Å². The van der Waals surface area contributed by atoms with Crippen LogP contribution in [0.25, 0.3) is 11.2 Å². The Labute approximate surface area is 170 Å². The average Bonchev–Trinajstić information content (AvgIpc) is 3.30. The fourth-order valence-corrected chi connectivity index (χ4v) is 3.34. The summed E-state index contributed by atoms with van der Waals surface area (Å²) in [4.78, 5) is 23.6. The average molecular weight is 417 g/mol. The first-order valence-electron chi connectivity index (χ1n) is 8.94. The summed E-state index contributed by atoms with van der Waals surface area (Å²) in [6, 6.07) is 8.97. The van der Waals surface area contributed by atoms with Gasteiger partial charge < -0.3 is 24.7 Å². The molecular formula is C18H19N5O5S. The molecule has 0 saturated carbocycles. The smallest absolute Gasteiger partial charge is 0.264 e. The number of carbonyl (C=O) groups is 1. The van der Waals surface area contributed by atoms with Crippen molar-refractivity contribution in [2.75, 3.05) is 18.5 Å². The molecule has 4 rings (SSSR count). The molecule has 0 unspecified atom stereocenters. The van der Waals surface area contributed by atoms with Crippen molar-refractivity contribution in [1.29, 1.82) is 0 Å². The van der Waals surface area contributed by atoms with Crippen LogP contribution in [0.4, 0.5) is 5.95 Å². The Morgan fingerprint density at radius 3 is 2.93 bits per heavy atom. The summed E-state index contributed by atoms with van der Waals surface area (Å²) in [5, 5.41) is 21.9. The lowest BCUT2D eigenvalue weighted by atomic mass is 10.2. The van der Waals surface area contributed by atoms with Crippen LogP contribution in [0.5, 0.6) is 5.75 Å². The van der Waals surface area contributed by atoms with Crippen molar-refractivity contribution in [2.24, 2.45) is 0 Å².